The van der Waals surface area contributed by atoms with Crippen LogP contribution in [0.4, 0.5) is 0 Å². The molecule has 0 aliphatic heterocycles. The standard InChI is InChI=1S/C11H14O4/c1-8-3-4-10(15-6-2-5-12)9(7-8)11(13)14/h3-4,7,12H,2,5-6H2,1H3,(H,13,14). The topological polar surface area (TPSA) is 66.8 Å². The van der Waals surface area contributed by atoms with Crippen molar-refractivity contribution < 1.29 is 19.7 Å². The maximum atomic E-state index is 10.9. The Morgan fingerprint density at radius 1 is 1.47 bits per heavy atom. The lowest BCUT2D eigenvalue weighted by Crippen LogP contribution is -2.05. The zero-order chi connectivity index (χ0) is 11.3. The predicted molar refractivity (Wildman–Crippen MR) is 55.3 cm³/mol. The van der Waals surface area contributed by atoms with Crippen LogP contribution in [0, 0.1) is 6.92 Å². The molecule has 0 aromatic heterocycles. The Balaban J connectivity index is 2.81. The highest BCUT2D eigenvalue weighted by Gasteiger charge is 2.10. The van der Waals surface area contributed by atoms with Crippen LogP contribution in [0.25, 0.3) is 0 Å². The van der Waals surface area contributed by atoms with E-state index in [4.69, 9.17) is 14.9 Å². The second kappa shape index (κ2) is 5.36. The monoisotopic (exact) mass is 210 g/mol. The van der Waals surface area contributed by atoms with E-state index in [-0.39, 0.29) is 12.2 Å². The summed E-state index contributed by atoms with van der Waals surface area (Å²) in [7, 11) is 0. The van der Waals surface area contributed by atoms with E-state index >= 15 is 0 Å². The predicted octanol–water partition coefficient (Wildman–Crippen LogP) is 1.45. The Kier molecular flexibility index (Phi) is 4.12. The first-order valence-electron chi connectivity index (χ1n) is 4.72. The molecule has 0 bridgehead atoms. The van der Waals surface area contributed by atoms with E-state index < -0.39 is 5.97 Å². The van der Waals surface area contributed by atoms with Crippen LogP contribution < -0.4 is 4.74 Å². The molecule has 0 amide bonds. The number of carbonyl (C=O) groups is 1. The first kappa shape index (κ1) is 11.5. The maximum Gasteiger partial charge on any atom is 0.339 e. The molecule has 0 unspecified atom stereocenters. The number of ether oxygens (including phenoxy) is 1. The summed E-state index contributed by atoms with van der Waals surface area (Å²) >= 11 is 0. The van der Waals surface area contributed by atoms with Crippen LogP contribution in [0.1, 0.15) is 22.3 Å². The summed E-state index contributed by atoms with van der Waals surface area (Å²) in [4.78, 5) is 10.9. The molecule has 1 rings (SSSR count). The number of aromatic carboxylic acids is 1. The number of carboxylic acids is 1. The molecule has 0 heterocycles. The quantitative estimate of drug-likeness (QED) is 0.722. The van der Waals surface area contributed by atoms with Crippen molar-refractivity contribution in [3.8, 4) is 5.75 Å². The van der Waals surface area contributed by atoms with E-state index in [0.29, 0.717) is 18.8 Å². The van der Waals surface area contributed by atoms with E-state index in [0.717, 1.165) is 5.56 Å². The van der Waals surface area contributed by atoms with Gasteiger partial charge in [0, 0.05) is 13.0 Å². The molecule has 1 aromatic rings. The number of aryl methyl sites for hydroxylation is 1. The normalized spacial score (nSPS) is 10.0. The Morgan fingerprint density at radius 2 is 2.20 bits per heavy atom. The Bertz CT molecular complexity index is 346. The van der Waals surface area contributed by atoms with Gasteiger partial charge in [-0.05, 0) is 19.1 Å². The Labute approximate surface area is 88.1 Å². The fraction of sp³-hybridized carbons (Fsp3) is 0.364. The van der Waals surface area contributed by atoms with Crippen molar-refractivity contribution >= 4 is 5.97 Å². The van der Waals surface area contributed by atoms with Gasteiger partial charge in [0.2, 0.25) is 0 Å². The number of benzene rings is 1. The second-order valence-electron chi connectivity index (χ2n) is 3.23. The third-order valence-electron chi connectivity index (χ3n) is 1.93. The zero-order valence-electron chi connectivity index (χ0n) is 8.56. The number of hydrogen-bond donors (Lipinski definition) is 2. The molecule has 0 radical (unpaired) electrons. The van der Waals surface area contributed by atoms with Crippen LogP contribution in [0.5, 0.6) is 5.75 Å². The fourth-order valence-corrected chi connectivity index (χ4v) is 1.18. The van der Waals surface area contributed by atoms with Crippen molar-refractivity contribution in [2.45, 2.75) is 13.3 Å². The zero-order valence-corrected chi connectivity index (χ0v) is 8.56. The Hall–Kier alpha value is -1.55. The lowest BCUT2D eigenvalue weighted by molar-refractivity contribution is 0.0692. The van der Waals surface area contributed by atoms with Crippen LogP contribution in [0.15, 0.2) is 18.2 Å². The first-order chi connectivity index (χ1) is 7.15. The molecule has 0 fully saturated rings. The molecule has 4 nitrogen and oxygen atoms in total. The van der Waals surface area contributed by atoms with Gasteiger partial charge >= 0.3 is 5.97 Å². The highest BCUT2D eigenvalue weighted by Crippen LogP contribution is 2.20. The smallest absolute Gasteiger partial charge is 0.339 e. The van der Waals surface area contributed by atoms with E-state index in [1.165, 1.54) is 0 Å². The molecule has 0 aliphatic rings. The highest BCUT2D eigenvalue weighted by atomic mass is 16.5. The first-order valence-corrected chi connectivity index (χ1v) is 4.72. The third-order valence-corrected chi connectivity index (χ3v) is 1.93. The molecule has 0 saturated heterocycles. The molecule has 82 valence electrons. The fourth-order valence-electron chi connectivity index (χ4n) is 1.18. The van der Waals surface area contributed by atoms with Gasteiger partial charge in [0.1, 0.15) is 11.3 Å². The summed E-state index contributed by atoms with van der Waals surface area (Å²) < 4.78 is 5.25. The lowest BCUT2D eigenvalue weighted by Gasteiger charge is -2.08. The average molecular weight is 210 g/mol. The van der Waals surface area contributed by atoms with Gasteiger partial charge in [-0.1, -0.05) is 11.6 Å². The summed E-state index contributed by atoms with van der Waals surface area (Å²) in [6, 6.07) is 4.99. The van der Waals surface area contributed by atoms with Crippen LogP contribution in [0.3, 0.4) is 0 Å². The molecule has 0 aliphatic carbocycles. The van der Waals surface area contributed by atoms with E-state index in [9.17, 15) is 4.79 Å². The maximum absolute atomic E-state index is 10.9. The summed E-state index contributed by atoms with van der Waals surface area (Å²) in [6.07, 6.45) is 0.493. The summed E-state index contributed by atoms with van der Waals surface area (Å²) in [6.45, 7) is 2.18. The third kappa shape index (κ3) is 3.25. The molecular formula is C11H14O4. The largest absolute Gasteiger partial charge is 0.493 e. The molecule has 15 heavy (non-hydrogen) atoms. The second-order valence-corrected chi connectivity index (χ2v) is 3.23. The number of hydrogen-bond acceptors (Lipinski definition) is 3. The molecule has 0 atom stereocenters. The van der Waals surface area contributed by atoms with Crippen LogP contribution >= 0.6 is 0 Å². The van der Waals surface area contributed by atoms with Crippen LogP contribution in [-0.4, -0.2) is 29.4 Å². The van der Waals surface area contributed by atoms with E-state index in [1.807, 2.05) is 6.92 Å². The van der Waals surface area contributed by atoms with Gasteiger partial charge in [0.25, 0.3) is 0 Å². The average Bonchev–Trinajstić information content (AvgIpc) is 2.20. The van der Waals surface area contributed by atoms with Crippen molar-refractivity contribution in [2.75, 3.05) is 13.2 Å². The summed E-state index contributed by atoms with van der Waals surface area (Å²) in [5.74, 6) is -0.653. The van der Waals surface area contributed by atoms with Crippen LogP contribution in [-0.2, 0) is 0 Å². The number of carboxylic acid groups (broad SMARTS) is 1. The van der Waals surface area contributed by atoms with Gasteiger partial charge < -0.3 is 14.9 Å². The molecule has 2 N–H and O–H groups in total. The van der Waals surface area contributed by atoms with Crippen molar-refractivity contribution in [3.63, 3.8) is 0 Å². The minimum absolute atomic E-state index is 0.0360. The van der Waals surface area contributed by atoms with E-state index in [2.05, 4.69) is 0 Å². The molecule has 1 aromatic carbocycles. The van der Waals surface area contributed by atoms with Gasteiger partial charge in [-0.15, -0.1) is 0 Å². The van der Waals surface area contributed by atoms with Gasteiger partial charge in [0.05, 0.1) is 6.61 Å². The molecule has 4 heteroatoms. The van der Waals surface area contributed by atoms with Gasteiger partial charge in [-0.2, -0.15) is 0 Å². The van der Waals surface area contributed by atoms with Gasteiger partial charge in [0.15, 0.2) is 0 Å². The van der Waals surface area contributed by atoms with Gasteiger partial charge in [-0.3, -0.25) is 0 Å². The minimum atomic E-state index is -1.00. The van der Waals surface area contributed by atoms with Crippen molar-refractivity contribution in [1.82, 2.24) is 0 Å². The molecular weight excluding hydrogens is 196 g/mol. The van der Waals surface area contributed by atoms with Crippen molar-refractivity contribution in [2.24, 2.45) is 0 Å². The number of aliphatic hydroxyl groups is 1. The van der Waals surface area contributed by atoms with Gasteiger partial charge in [-0.25, -0.2) is 4.79 Å². The lowest BCUT2D eigenvalue weighted by atomic mass is 10.1. The molecule has 0 saturated carbocycles. The Morgan fingerprint density at radius 3 is 2.80 bits per heavy atom. The number of aliphatic hydroxyl groups excluding tert-OH is 1. The van der Waals surface area contributed by atoms with Crippen molar-refractivity contribution in [1.29, 1.82) is 0 Å². The molecule has 0 spiro atoms. The van der Waals surface area contributed by atoms with E-state index in [1.54, 1.807) is 18.2 Å². The van der Waals surface area contributed by atoms with Crippen LogP contribution in [0.2, 0.25) is 0 Å². The summed E-state index contributed by atoms with van der Waals surface area (Å²) in [5.41, 5.74) is 1.04. The number of rotatable bonds is 5. The summed E-state index contributed by atoms with van der Waals surface area (Å²) in [5, 5.41) is 17.5. The van der Waals surface area contributed by atoms with Crippen molar-refractivity contribution in [3.05, 3.63) is 29.3 Å². The SMILES string of the molecule is Cc1ccc(OCCCO)c(C(=O)O)c1. The minimum Gasteiger partial charge on any atom is -0.493 e. The highest BCUT2D eigenvalue weighted by molar-refractivity contribution is 5.91.